The third-order valence-electron chi connectivity index (χ3n) is 2.48. The maximum absolute atomic E-state index is 9.17. The second-order valence-electron chi connectivity index (χ2n) is 4.00. The summed E-state index contributed by atoms with van der Waals surface area (Å²) in [6.07, 6.45) is 0.966. The molecule has 0 radical (unpaired) electrons. The summed E-state index contributed by atoms with van der Waals surface area (Å²) in [6.45, 7) is 0.687. The zero-order valence-electron chi connectivity index (χ0n) is 10.4. The van der Waals surface area contributed by atoms with Crippen molar-refractivity contribution >= 4 is 23.4 Å². The molecule has 2 aromatic carbocycles. The molecule has 4 heteroatoms. The summed E-state index contributed by atoms with van der Waals surface area (Å²) in [4.78, 5) is 1.16. The average Bonchev–Trinajstić information content (AvgIpc) is 2.43. The van der Waals surface area contributed by atoms with Gasteiger partial charge in [0.25, 0.3) is 0 Å². The molecule has 1 N–H and O–H groups in total. The van der Waals surface area contributed by atoms with Gasteiger partial charge in [0.05, 0.1) is 6.61 Å². The first kappa shape index (κ1) is 14.1. The van der Waals surface area contributed by atoms with Crippen LogP contribution in [0.1, 0.15) is 6.42 Å². The molecule has 0 aromatic heterocycles. The quantitative estimate of drug-likeness (QED) is 0.623. The smallest absolute Gasteiger partial charge is 0.119 e. The van der Waals surface area contributed by atoms with Gasteiger partial charge in [-0.1, -0.05) is 11.6 Å². The molecule has 0 aliphatic carbocycles. The lowest BCUT2D eigenvalue weighted by Crippen LogP contribution is -1.98. The van der Waals surface area contributed by atoms with Crippen molar-refractivity contribution in [3.63, 3.8) is 0 Å². The third-order valence-corrected chi connectivity index (χ3v) is 3.83. The molecule has 0 amide bonds. The molecule has 2 nitrogen and oxygen atoms in total. The highest BCUT2D eigenvalue weighted by Gasteiger charge is 1.96. The van der Waals surface area contributed by atoms with Crippen LogP contribution in [0.25, 0.3) is 0 Å². The summed E-state index contributed by atoms with van der Waals surface area (Å²) in [5.41, 5.74) is 0. The van der Waals surface area contributed by atoms with Crippen molar-refractivity contribution in [3.05, 3.63) is 53.6 Å². The monoisotopic (exact) mass is 294 g/mol. The van der Waals surface area contributed by atoms with E-state index in [-0.39, 0.29) is 0 Å². The van der Waals surface area contributed by atoms with E-state index < -0.39 is 0 Å². The molecule has 2 rings (SSSR count). The summed E-state index contributed by atoms with van der Waals surface area (Å²) in [7, 11) is 0. The summed E-state index contributed by atoms with van der Waals surface area (Å²) >= 11 is 7.55. The van der Waals surface area contributed by atoms with Gasteiger partial charge < -0.3 is 9.84 Å². The van der Waals surface area contributed by atoms with Gasteiger partial charge in [-0.25, -0.2) is 0 Å². The van der Waals surface area contributed by atoms with Crippen LogP contribution in [0, 0.1) is 0 Å². The van der Waals surface area contributed by atoms with Crippen molar-refractivity contribution in [1.29, 1.82) is 0 Å². The van der Waals surface area contributed by atoms with Crippen LogP contribution in [0.4, 0.5) is 0 Å². The zero-order valence-corrected chi connectivity index (χ0v) is 12.0. The van der Waals surface area contributed by atoms with E-state index >= 15 is 0 Å². The molecule has 0 unspecified atom stereocenters. The van der Waals surface area contributed by atoms with Crippen LogP contribution in [0.5, 0.6) is 11.5 Å². The minimum absolute atomic E-state index is 0.301. The van der Waals surface area contributed by atoms with Crippen molar-refractivity contribution in [2.24, 2.45) is 0 Å². The standard InChI is InChI=1S/C15H15ClO2S/c16-12-2-6-14(7-3-12)18-10-1-11-19-15-8-4-13(17)5-9-15/h2-9,17H,1,10-11H2. The molecule has 0 heterocycles. The Labute approximate surface area is 122 Å². The predicted molar refractivity (Wildman–Crippen MR) is 80.4 cm³/mol. The van der Waals surface area contributed by atoms with Crippen LogP contribution < -0.4 is 4.74 Å². The van der Waals surface area contributed by atoms with Gasteiger partial charge in [0.2, 0.25) is 0 Å². The van der Waals surface area contributed by atoms with Crippen molar-refractivity contribution < 1.29 is 9.84 Å². The van der Waals surface area contributed by atoms with Crippen molar-refractivity contribution in [1.82, 2.24) is 0 Å². The number of halogens is 1. The molecule has 0 atom stereocenters. The van der Waals surface area contributed by atoms with Crippen molar-refractivity contribution in [2.75, 3.05) is 12.4 Å². The predicted octanol–water partition coefficient (Wildman–Crippen LogP) is 4.61. The van der Waals surface area contributed by atoms with E-state index in [4.69, 9.17) is 16.3 Å². The number of hydrogen-bond acceptors (Lipinski definition) is 3. The van der Waals surface area contributed by atoms with E-state index in [1.54, 1.807) is 23.9 Å². The molecular formula is C15H15ClO2S. The second-order valence-corrected chi connectivity index (χ2v) is 5.60. The molecule has 19 heavy (non-hydrogen) atoms. The number of rotatable bonds is 6. The Kier molecular flexibility index (Phi) is 5.43. The summed E-state index contributed by atoms with van der Waals surface area (Å²) in [6, 6.07) is 14.6. The number of benzene rings is 2. The Balaban J connectivity index is 1.64. The average molecular weight is 295 g/mol. The molecule has 0 spiro atoms. The number of ether oxygens (including phenoxy) is 1. The zero-order chi connectivity index (χ0) is 13.5. The van der Waals surface area contributed by atoms with Crippen LogP contribution in [-0.2, 0) is 0 Å². The fourth-order valence-corrected chi connectivity index (χ4v) is 2.46. The highest BCUT2D eigenvalue weighted by molar-refractivity contribution is 7.99. The van der Waals surface area contributed by atoms with Gasteiger partial charge in [0, 0.05) is 15.7 Å². The van der Waals surface area contributed by atoms with E-state index in [9.17, 15) is 5.11 Å². The van der Waals surface area contributed by atoms with Crippen LogP contribution in [0.15, 0.2) is 53.4 Å². The van der Waals surface area contributed by atoms with Gasteiger partial charge in [-0.2, -0.15) is 0 Å². The molecule has 0 saturated carbocycles. The van der Waals surface area contributed by atoms with Gasteiger partial charge in [0.15, 0.2) is 0 Å². The van der Waals surface area contributed by atoms with Crippen molar-refractivity contribution in [3.8, 4) is 11.5 Å². The second kappa shape index (κ2) is 7.31. The van der Waals surface area contributed by atoms with E-state index in [0.29, 0.717) is 12.4 Å². The topological polar surface area (TPSA) is 29.5 Å². The highest BCUT2D eigenvalue weighted by atomic mass is 35.5. The first-order valence-electron chi connectivity index (χ1n) is 6.04. The molecule has 0 fully saturated rings. The molecule has 2 aromatic rings. The van der Waals surface area contributed by atoms with E-state index in [1.165, 1.54) is 0 Å². The maximum Gasteiger partial charge on any atom is 0.119 e. The molecule has 0 bridgehead atoms. The third kappa shape index (κ3) is 5.05. The van der Waals surface area contributed by atoms with E-state index in [2.05, 4.69) is 0 Å². The minimum Gasteiger partial charge on any atom is -0.508 e. The Morgan fingerprint density at radius 3 is 2.37 bits per heavy atom. The SMILES string of the molecule is Oc1ccc(SCCCOc2ccc(Cl)cc2)cc1. The summed E-state index contributed by atoms with van der Waals surface area (Å²) in [5.74, 6) is 2.13. The lowest BCUT2D eigenvalue weighted by atomic mass is 10.3. The Morgan fingerprint density at radius 1 is 1.00 bits per heavy atom. The summed E-state index contributed by atoms with van der Waals surface area (Å²) < 4.78 is 5.61. The van der Waals surface area contributed by atoms with Gasteiger partial charge >= 0.3 is 0 Å². The summed E-state index contributed by atoms with van der Waals surface area (Å²) in [5, 5.41) is 9.89. The molecule has 100 valence electrons. The Hall–Kier alpha value is -1.32. The maximum atomic E-state index is 9.17. The van der Waals surface area contributed by atoms with Gasteiger partial charge in [-0.05, 0) is 55.0 Å². The Morgan fingerprint density at radius 2 is 1.68 bits per heavy atom. The number of thioether (sulfide) groups is 1. The number of hydrogen-bond donors (Lipinski definition) is 1. The lowest BCUT2D eigenvalue weighted by molar-refractivity contribution is 0.319. The van der Waals surface area contributed by atoms with Gasteiger partial charge in [-0.3, -0.25) is 0 Å². The normalized spacial score (nSPS) is 10.4. The molecular weight excluding hydrogens is 280 g/mol. The van der Waals surface area contributed by atoms with Crippen LogP contribution >= 0.6 is 23.4 Å². The fraction of sp³-hybridized carbons (Fsp3) is 0.200. The van der Waals surface area contributed by atoms with Crippen LogP contribution in [0.3, 0.4) is 0 Å². The molecule has 0 aliphatic heterocycles. The van der Waals surface area contributed by atoms with E-state index in [0.717, 1.165) is 27.8 Å². The molecule has 0 saturated heterocycles. The number of phenolic OH excluding ortho intramolecular Hbond substituents is 1. The minimum atomic E-state index is 0.301. The van der Waals surface area contributed by atoms with Gasteiger partial charge in [-0.15, -0.1) is 11.8 Å². The van der Waals surface area contributed by atoms with Gasteiger partial charge in [0.1, 0.15) is 11.5 Å². The van der Waals surface area contributed by atoms with Crippen molar-refractivity contribution in [2.45, 2.75) is 11.3 Å². The van der Waals surface area contributed by atoms with E-state index in [1.807, 2.05) is 36.4 Å². The van der Waals surface area contributed by atoms with Crippen LogP contribution in [0.2, 0.25) is 5.02 Å². The van der Waals surface area contributed by atoms with Crippen LogP contribution in [-0.4, -0.2) is 17.5 Å². The lowest BCUT2D eigenvalue weighted by Gasteiger charge is -2.06. The Bertz CT molecular complexity index is 449. The number of phenols is 1. The largest absolute Gasteiger partial charge is 0.508 e. The fourth-order valence-electron chi connectivity index (χ4n) is 1.51. The highest BCUT2D eigenvalue weighted by Crippen LogP contribution is 2.21. The number of aromatic hydroxyl groups is 1. The first-order chi connectivity index (χ1) is 9.24. The first-order valence-corrected chi connectivity index (χ1v) is 7.40. The molecule has 0 aliphatic rings.